The number of nitro benzene ring substituents is 1. The smallest absolute Gasteiger partial charge is 0.289 e. The zero-order valence-corrected chi connectivity index (χ0v) is 24.2. The molecule has 5 rings (SSSR count). The van der Waals surface area contributed by atoms with Gasteiger partial charge in [0, 0.05) is 23.8 Å². The second-order valence-electron chi connectivity index (χ2n) is 10.2. The average molecular weight is 607 g/mol. The summed E-state index contributed by atoms with van der Waals surface area (Å²) in [6.07, 6.45) is 1.35. The molecule has 0 bridgehead atoms. The Morgan fingerprint density at radius 3 is 2.57 bits per heavy atom. The molecule has 0 radical (unpaired) electrons. The highest BCUT2D eigenvalue weighted by atomic mass is 35.5. The Morgan fingerprint density at radius 1 is 1.12 bits per heavy atom. The van der Waals surface area contributed by atoms with Crippen molar-refractivity contribution in [1.82, 2.24) is 0 Å². The lowest BCUT2D eigenvalue weighted by Gasteiger charge is -2.40. The van der Waals surface area contributed by atoms with Crippen molar-refractivity contribution in [3.05, 3.63) is 119 Å². The van der Waals surface area contributed by atoms with Gasteiger partial charge in [-0.3, -0.25) is 19.8 Å². The molecule has 0 saturated heterocycles. The Morgan fingerprint density at radius 2 is 1.88 bits per heavy atom. The molecule has 1 atom stereocenters. The fourth-order valence-corrected chi connectivity index (χ4v) is 6.01. The van der Waals surface area contributed by atoms with E-state index in [9.17, 15) is 24.6 Å². The average Bonchev–Trinajstić information content (AvgIpc) is 2.93. The molecule has 0 spiro atoms. The lowest BCUT2D eigenvalue weighted by Crippen LogP contribution is -2.39. The SMILES string of the molecule is Cc1cc(C)c(C2C(C#N)=C(N)N(c3ccc(Cl)c([N+](=O)[O-])c3)C3=C2C(=O)CCC3)cc1COc1ccc(F)cc1Cl. The number of carbonyl (C=O) groups excluding carboxylic acids is 1. The maximum atomic E-state index is 13.6. The van der Waals surface area contributed by atoms with Gasteiger partial charge in [0.2, 0.25) is 0 Å². The molecule has 3 aromatic rings. The third kappa shape index (κ3) is 5.20. The summed E-state index contributed by atoms with van der Waals surface area (Å²) in [4.78, 5) is 26.2. The first-order valence-corrected chi connectivity index (χ1v) is 13.8. The third-order valence-electron chi connectivity index (χ3n) is 7.61. The van der Waals surface area contributed by atoms with Crippen LogP contribution in [0.15, 0.2) is 71.2 Å². The number of aryl methyl sites for hydroxylation is 2. The summed E-state index contributed by atoms with van der Waals surface area (Å²) in [5, 5.41) is 22.1. The van der Waals surface area contributed by atoms with Crippen LogP contribution in [0.3, 0.4) is 0 Å². The highest BCUT2D eigenvalue weighted by molar-refractivity contribution is 6.32. The molecule has 42 heavy (non-hydrogen) atoms. The van der Waals surface area contributed by atoms with E-state index in [4.69, 9.17) is 33.7 Å². The molecule has 0 fully saturated rings. The summed E-state index contributed by atoms with van der Waals surface area (Å²) in [6.45, 7) is 3.93. The van der Waals surface area contributed by atoms with Gasteiger partial charge in [-0.15, -0.1) is 0 Å². The predicted molar refractivity (Wildman–Crippen MR) is 158 cm³/mol. The number of anilines is 1. The molecule has 1 aliphatic heterocycles. The fourth-order valence-electron chi connectivity index (χ4n) is 5.60. The van der Waals surface area contributed by atoms with Crippen molar-refractivity contribution >= 4 is 40.4 Å². The number of rotatable bonds is 6. The van der Waals surface area contributed by atoms with Crippen molar-refractivity contribution < 1.29 is 18.8 Å². The standard InChI is InChI=1S/C31H25Cl2FN4O4/c1-16-10-17(2)21(11-18(16)15-42-28-9-6-19(34)12-24(28)33)29-22(14-35)31(36)37(25-4-3-5-27(39)30(25)29)20-7-8-23(32)26(13-20)38(40)41/h6-13,29H,3-5,15,36H2,1-2H3. The van der Waals surface area contributed by atoms with Gasteiger partial charge in [0.15, 0.2) is 5.78 Å². The maximum absolute atomic E-state index is 13.6. The maximum Gasteiger partial charge on any atom is 0.289 e. The van der Waals surface area contributed by atoms with Gasteiger partial charge in [0.1, 0.15) is 29.0 Å². The molecule has 2 aliphatic rings. The fraction of sp³-hybridized carbons (Fsp3) is 0.226. The summed E-state index contributed by atoms with van der Waals surface area (Å²) in [5.74, 6) is -0.936. The minimum Gasteiger partial charge on any atom is -0.487 e. The minimum atomic E-state index is -0.745. The normalized spacial score (nSPS) is 16.8. The van der Waals surface area contributed by atoms with Gasteiger partial charge in [-0.2, -0.15) is 5.26 Å². The molecular formula is C31H25Cl2FN4O4. The van der Waals surface area contributed by atoms with Gasteiger partial charge in [0.25, 0.3) is 5.69 Å². The van der Waals surface area contributed by atoms with E-state index in [1.807, 2.05) is 26.0 Å². The quantitative estimate of drug-likeness (QED) is 0.227. The number of ketones is 1. The van der Waals surface area contributed by atoms with Gasteiger partial charge in [-0.05, 0) is 79.3 Å². The van der Waals surface area contributed by atoms with E-state index in [1.165, 1.54) is 30.3 Å². The molecule has 0 amide bonds. The Hall–Kier alpha value is -4.39. The zero-order chi connectivity index (χ0) is 30.3. The second-order valence-corrected chi connectivity index (χ2v) is 11.0. The number of Topliss-reactive ketones (excluding diaryl/α,β-unsaturated/α-hetero) is 1. The summed E-state index contributed by atoms with van der Waals surface area (Å²) in [5.41, 5.74) is 11.1. The van der Waals surface area contributed by atoms with Crippen molar-refractivity contribution in [2.75, 3.05) is 4.90 Å². The van der Waals surface area contributed by atoms with Crippen LogP contribution in [0.5, 0.6) is 5.75 Å². The number of nitrogens with zero attached hydrogens (tertiary/aromatic N) is 3. The number of ether oxygens (including phenoxy) is 1. The van der Waals surface area contributed by atoms with E-state index >= 15 is 0 Å². The Labute approximate surface area is 251 Å². The molecule has 0 saturated carbocycles. The monoisotopic (exact) mass is 606 g/mol. The topological polar surface area (TPSA) is 122 Å². The summed E-state index contributed by atoms with van der Waals surface area (Å²) in [7, 11) is 0. The van der Waals surface area contributed by atoms with Crippen LogP contribution < -0.4 is 15.4 Å². The van der Waals surface area contributed by atoms with Gasteiger partial charge in [-0.1, -0.05) is 35.3 Å². The highest BCUT2D eigenvalue weighted by Crippen LogP contribution is 2.48. The molecule has 1 unspecified atom stereocenters. The third-order valence-corrected chi connectivity index (χ3v) is 8.23. The van der Waals surface area contributed by atoms with Crippen molar-refractivity contribution in [2.24, 2.45) is 5.73 Å². The van der Waals surface area contributed by atoms with Crippen LogP contribution in [-0.2, 0) is 11.4 Å². The van der Waals surface area contributed by atoms with Crippen molar-refractivity contribution in [3.8, 4) is 11.8 Å². The Bertz CT molecular complexity index is 1760. The van der Waals surface area contributed by atoms with Crippen LogP contribution in [0, 0.1) is 41.1 Å². The van der Waals surface area contributed by atoms with Crippen molar-refractivity contribution in [3.63, 3.8) is 0 Å². The van der Waals surface area contributed by atoms with E-state index in [0.717, 1.165) is 16.7 Å². The van der Waals surface area contributed by atoms with Crippen LogP contribution in [0.25, 0.3) is 0 Å². The first kappa shape index (κ1) is 29.1. The molecule has 8 nitrogen and oxygen atoms in total. The highest BCUT2D eigenvalue weighted by Gasteiger charge is 2.41. The first-order valence-electron chi connectivity index (χ1n) is 13.1. The molecule has 3 aromatic carbocycles. The number of allylic oxidation sites excluding steroid dienone is 3. The number of carbonyl (C=O) groups is 1. The summed E-state index contributed by atoms with van der Waals surface area (Å²) >= 11 is 12.2. The molecule has 0 aromatic heterocycles. The molecule has 2 N–H and O–H groups in total. The molecule has 11 heteroatoms. The largest absolute Gasteiger partial charge is 0.487 e. The van der Waals surface area contributed by atoms with E-state index < -0.39 is 16.7 Å². The number of nitro groups is 1. The number of halogens is 3. The molecule has 214 valence electrons. The van der Waals surface area contributed by atoms with E-state index in [2.05, 4.69) is 6.07 Å². The van der Waals surface area contributed by atoms with Gasteiger partial charge < -0.3 is 10.5 Å². The van der Waals surface area contributed by atoms with E-state index in [1.54, 1.807) is 11.0 Å². The summed E-state index contributed by atoms with van der Waals surface area (Å²) < 4.78 is 19.4. The summed E-state index contributed by atoms with van der Waals surface area (Å²) in [6, 6.07) is 14.2. The molecular weight excluding hydrogens is 582 g/mol. The number of hydrogen-bond acceptors (Lipinski definition) is 7. The van der Waals surface area contributed by atoms with Crippen molar-refractivity contribution in [1.29, 1.82) is 5.26 Å². The van der Waals surface area contributed by atoms with Crippen LogP contribution in [-0.4, -0.2) is 10.7 Å². The lowest BCUT2D eigenvalue weighted by molar-refractivity contribution is -0.384. The number of benzene rings is 3. The van der Waals surface area contributed by atoms with Gasteiger partial charge in [0.05, 0.1) is 33.2 Å². The van der Waals surface area contributed by atoms with Crippen molar-refractivity contribution in [2.45, 2.75) is 45.6 Å². The van der Waals surface area contributed by atoms with Gasteiger partial charge in [-0.25, -0.2) is 4.39 Å². The number of nitrogens with two attached hydrogens (primary N) is 1. The predicted octanol–water partition coefficient (Wildman–Crippen LogP) is 7.54. The first-order chi connectivity index (χ1) is 20.0. The van der Waals surface area contributed by atoms with Crippen LogP contribution in [0.2, 0.25) is 10.0 Å². The van der Waals surface area contributed by atoms with Crippen LogP contribution in [0.4, 0.5) is 15.8 Å². The van der Waals surface area contributed by atoms with E-state index in [-0.39, 0.29) is 39.5 Å². The Kier molecular flexibility index (Phi) is 7.95. The second kappa shape index (κ2) is 11.5. The zero-order valence-electron chi connectivity index (χ0n) is 22.7. The lowest BCUT2D eigenvalue weighted by atomic mass is 9.74. The minimum absolute atomic E-state index is 0.0393. The molecule has 1 heterocycles. The van der Waals surface area contributed by atoms with Crippen LogP contribution >= 0.6 is 23.2 Å². The van der Waals surface area contributed by atoms with E-state index in [0.29, 0.717) is 47.5 Å². The Balaban J connectivity index is 1.63. The molecule has 1 aliphatic carbocycles. The number of nitriles is 1. The van der Waals surface area contributed by atoms with Gasteiger partial charge >= 0.3 is 0 Å². The van der Waals surface area contributed by atoms with Crippen LogP contribution in [0.1, 0.15) is 47.4 Å². The number of hydrogen-bond donors (Lipinski definition) is 1.